The number of β-amino-alcohol motifs (C(OH)–C–C–N with tert-alkyl or cyclic N) is 1. The normalized spacial score (nSPS) is 30.9. The molecular weight excluding hydrogens is 358 g/mol. The molecule has 4 nitrogen and oxygen atoms in total. The maximum absolute atomic E-state index is 13.3. The Hall–Kier alpha value is -1.17. The Morgan fingerprint density at radius 1 is 1.15 bits per heavy atom. The van der Waals surface area contributed by atoms with Crippen LogP contribution in [0.25, 0.3) is 0 Å². The average Bonchev–Trinajstić information content (AvgIpc) is 2.98. The lowest BCUT2D eigenvalue weighted by Gasteiger charge is -2.33. The third-order valence-corrected chi connectivity index (χ3v) is 8.15. The molecule has 1 N–H and O–H groups in total. The lowest BCUT2D eigenvalue weighted by molar-refractivity contribution is -0.0131. The quantitative estimate of drug-likeness (QED) is 0.756. The number of aryl methyl sites for hydroxylation is 1. The predicted molar refractivity (Wildman–Crippen MR) is 109 cm³/mol. The van der Waals surface area contributed by atoms with Gasteiger partial charge in [-0.15, -0.1) is 0 Å². The highest BCUT2D eigenvalue weighted by molar-refractivity contribution is 7.89. The highest BCUT2D eigenvalue weighted by Crippen LogP contribution is 2.42. The fourth-order valence-corrected chi connectivity index (χ4v) is 6.31. The smallest absolute Gasteiger partial charge is 0.243 e. The summed E-state index contributed by atoms with van der Waals surface area (Å²) in [6.07, 6.45) is 11.6. The average molecular weight is 392 g/mol. The highest BCUT2D eigenvalue weighted by Gasteiger charge is 2.50. The van der Waals surface area contributed by atoms with Gasteiger partial charge in [0.2, 0.25) is 10.0 Å². The first-order valence-electron chi connectivity index (χ1n) is 10.3. The van der Waals surface area contributed by atoms with Gasteiger partial charge in [0.25, 0.3) is 0 Å². The van der Waals surface area contributed by atoms with E-state index < -0.39 is 15.6 Å². The topological polar surface area (TPSA) is 57.6 Å². The van der Waals surface area contributed by atoms with Crippen molar-refractivity contribution in [1.29, 1.82) is 0 Å². The van der Waals surface area contributed by atoms with Gasteiger partial charge in [-0.1, -0.05) is 49.6 Å². The second-order valence-electron chi connectivity index (χ2n) is 8.29. The van der Waals surface area contributed by atoms with Crippen LogP contribution in [0.1, 0.15) is 63.9 Å². The van der Waals surface area contributed by atoms with Crippen LogP contribution < -0.4 is 0 Å². The number of hydrogen-bond acceptors (Lipinski definition) is 3. The molecule has 0 spiro atoms. The molecular formula is C22H33NO3S. The first kappa shape index (κ1) is 20.6. The molecule has 0 radical (unpaired) electrons. The molecule has 3 atom stereocenters. The van der Waals surface area contributed by atoms with Gasteiger partial charge >= 0.3 is 0 Å². The molecule has 0 aromatic heterocycles. The molecule has 0 saturated carbocycles. The van der Waals surface area contributed by atoms with Crippen molar-refractivity contribution in [3.63, 3.8) is 0 Å². The summed E-state index contributed by atoms with van der Waals surface area (Å²) in [4.78, 5) is 0.331. The summed E-state index contributed by atoms with van der Waals surface area (Å²) < 4.78 is 28.3. The van der Waals surface area contributed by atoms with Crippen LogP contribution in [0.2, 0.25) is 0 Å². The molecule has 1 saturated heterocycles. The van der Waals surface area contributed by atoms with Crippen molar-refractivity contribution >= 4 is 10.0 Å². The molecule has 1 fully saturated rings. The Morgan fingerprint density at radius 2 is 1.81 bits per heavy atom. The van der Waals surface area contributed by atoms with E-state index in [1.54, 1.807) is 16.4 Å². The number of sulfonamides is 1. The molecule has 2 bridgehead atoms. The summed E-state index contributed by atoms with van der Waals surface area (Å²) in [5.41, 5.74) is 0.127. The minimum absolute atomic E-state index is 0.131. The number of unbranched alkanes of at least 4 members (excludes halogenated alkanes) is 1. The zero-order valence-electron chi connectivity index (χ0n) is 16.6. The first-order chi connectivity index (χ1) is 12.9. The van der Waals surface area contributed by atoms with Gasteiger partial charge in [0.05, 0.1) is 10.5 Å². The minimum Gasteiger partial charge on any atom is -0.388 e. The molecule has 150 valence electrons. The number of hydrogen-bond donors (Lipinski definition) is 1. The minimum atomic E-state index is -3.60. The number of fused-ring (bicyclic) bond motifs is 2. The van der Waals surface area contributed by atoms with Crippen LogP contribution in [0.5, 0.6) is 0 Å². The Kier molecular flexibility index (Phi) is 6.44. The van der Waals surface area contributed by atoms with Crippen LogP contribution in [0.3, 0.4) is 0 Å². The third-order valence-electron chi connectivity index (χ3n) is 6.23. The Morgan fingerprint density at radius 3 is 2.48 bits per heavy atom. The van der Waals surface area contributed by atoms with Gasteiger partial charge < -0.3 is 5.11 Å². The van der Waals surface area contributed by atoms with E-state index >= 15 is 0 Å². The molecule has 1 aliphatic heterocycles. The first-order valence-corrected chi connectivity index (χ1v) is 11.8. The van der Waals surface area contributed by atoms with E-state index in [2.05, 4.69) is 19.1 Å². The maximum atomic E-state index is 13.3. The lowest BCUT2D eigenvalue weighted by Crippen LogP contribution is -2.42. The molecule has 1 aromatic rings. The maximum Gasteiger partial charge on any atom is 0.243 e. The number of aliphatic hydroxyl groups is 1. The van der Waals surface area contributed by atoms with Gasteiger partial charge in [-0.05, 0) is 63.5 Å². The van der Waals surface area contributed by atoms with Crippen LogP contribution in [0, 0.1) is 12.8 Å². The summed E-state index contributed by atoms with van der Waals surface area (Å²) in [5, 5.41) is 11.5. The zero-order valence-corrected chi connectivity index (χ0v) is 17.4. The Bertz CT molecular complexity index is 756. The summed E-state index contributed by atoms with van der Waals surface area (Å²) >= 11 is 0. The van der Waals surface area contributed by atoms with Gasteiger partial charge in [-0.3, -0.25) is 0 Å². The van der Waals surface area contributed by atoms with E-state index in [-0.39, 0.29) is 18.5 Å². The number of nitrogens with zero attached hydrogens (tertiary/aromatic N) is 1. The zero-order chi connectivity index (χ0) is 19.5. The van der Waals surface area contributed by atoms with Gasteiger partial charge in [0, 0.05) is 12.6 Å². The van der Waals surface area contributed by atoms with E-state index in [4.69, 9.17) is 0 Å². The summed E-state index contributed by atoms with van der Waals surface area (Å²) in [6.45, 7) is 4.34. The van der Waals surface area contributed by atoms with E-state index in [1.165, 1.54) is 0 Å². The van der Waals surface area contributed by atoms with Crippen molar-refractivity contribution in [1.82, 2.24) is 4.31 Å². The van der Waals surface area contributed by atoms with Crippen LogP contribution in [0.15, 0.2) is 41.3 Å². The number of benzene rings is 1. The van der Waals surface area contributed by atoms with Crippen LogP contribution >= 0.6 is 0 Å². The fraction of sp³-hybridized carbons (Fsp3) is 0.636. The second-order valence-corrected chi connectivity index (χ2v) is 10.2. The Labute approximate surface area is 164 Å². The van der Waals surface area contributed by atoms with E-state index in [0.717, 1.165) is 50.5 Å². The number of rotatable bonds is 5. The van der Waals surface area contributed by atoms with Crippen molar-refractivity contribution in [2.75, 3.05) is 6.54 Å². The molecule has 2 unspecified atom stereocenters. The highest BCUT2D eigenvalue weighted by atomic mass is 32.2. The van der Waals surface area contributed by atoms with Gasteiger partial charge in [-0.2, -0.15) is 4.31 Å². The monoisotopic (exact) mass is 391 g/mol. The van der Waals surface area contributed by atoms with E-state index in [1.807, 2.05) is 19.1 Å². The SMILES string of the molecule is CCCCC1CC/C=C/CC[C@@H]2CC1(O)CN2S(=O)(=O)c1ccc(C)cc1. The Balaban J connectivity index is 1.92. The van der Waals surface area contributed by atoms with Crippen molar-refractivity contribution in [2.24, 2.45) is 5.92 Å². The molecule has 1 aromatic carbocycles. The van der Waals surface area contributed by atoms with Crippen molar-refractivity contribution in [3.8, 4) is 0 Å². The van der Waals surface area contributed by atoms with Gasteiger partial charge in [0.15, 0.2) is 0 Å². The van der Waals surface area contributed by atoms with Crippen LogP contribution in [-0.4, -0.2) is 36.0 Å². The molecule has 1 heterocycles. The number of allylic oxidation sites excluding steroid dienone is 2. The molecule has 5 heteroatoms. The van der Waals surface area contributed by atoms with E-state index in [9.17, 15) is 13.5 Å². The molecule has 1 aliphatic carbocycles. The molecule has 3 rings (SSSR count). The van der Waals surface area contributed by atoms with Crippen LogP contribution in [0.4, 0.5) is 0 Å². The fourth-order valence-electron chi connectivity index (χ4n) is 4.60. The molecule has 2 aliphatic rings. The molecule has 27 heavy (non-hydrogen) atoms. The summed E-state index contributed by atoms with van der Waals surface area (Å²) in [6, 6.07) is 6.92. The van der Waals surface area contributed by atoms with Crippen molar-refractivity contribution in [3.05, 3.63) is 42.0 Å². The van der Waals surface area contributed by atoms with Crippen molar-refractivity contribution < 1.29 is 13.5 Å². The molecule has 0 amide bonds. The second kappa shape index (κ2) is 8.46. The van der Waals surface area contributed by atoms with Gasteiger partial charge in [0.1, 0.15) is 0 Å². The standard InChI is InChI=1S/C22H33NO3S/c1-3-4-9-19-10-7-5-6-8-11-20-16-22(19,24)17-23(20)27(25,26)21-14-12-18(2)13-15-21/h5-6,12-15,19-20,24H,3-4,7-11,16-17H2,1-2H3/b6-5+/t19?,20-,22?/m1/s1. The van der Waals surface area contributed by atoms with Crippen LogP contribution in [-0.2, 0) is 10.0 Å². The lowest BCUT2D eigenvalue weighted by atomic mass is 9.78. The summed E-state index contributed by atoms with van der Waals surface area (Å²) in [7, 11) is -3.60. The van der Waals surface area contributed by atoms with E-state index in [0.29, 0.717) is 11.3 Å². The summed E-state index contributed by atoms with van der Waals surface area (Å²) in [5.74, 6) is 0.154. The predicted octanol–water partition coefficient (Wildman–Crippen LogP) is 4.43. The largest absolute Gasteiger partial charge is 0.388 e. The third kappa shape index (κ3) is 4.47. The van der Waals surface area contributed by atoms with Gasteiger partial charge in [-0.25, -0.2) is 8.42 Å². The van der Waals surface area contributed by atoms with Crippen molar-refractivity contribution in [2.45, 2.75) is 81.8 Å².